The van der Waals surface area contributed by atoms with E-state index in [2.05, 4.69) is 32.2 Å². The Labute approximate surface area is 101 Å². The molecular weight excluding hydrogens is 268 g/mol. The van der Waals surface area contributed by atoms with Gasteiger partial charge in [-0.1, -0.05) is 15.9 Å². The third-order valence-electron chi connectivity index (χ3n) is 2.50. The molecule has 3 aromatic rings. The average Bonchev–Trinajstić information content (AvgIpc) is 2.83. The van der Waals surface area contributed by atoms with Gasteiger partial charge >= 0.3 is 0 Å². The summed E-state index contributed by atoms with van der Waals surface area (Å²) < 4.78 is 4.69. The summed E-state index contributed by atoms with van der Waals surface area (Å²) in [7, 11) is 1.91. The van der Waals surface area contributed by atoms with Crippen LogP contribution in [0.5, 0.6) is 0 Å². The lowest BCUT2D eigenvalue weighted by Gasteiger charge is -1.96. The second-order valence-electron chi connectivity index (χ2n) is 3.64. The minimum atomic E-state index is 1.05. The molecular formula is C11H9BrN4. The van der Waals surface area contributed by atoms with Crippen LogP contribution >= 0.6 is 15.9 Å². The van der Waals surface area contributed by atoms with E-state index in [1.54, 1.807) is 4.68 Å². The lowest BCUT2D eigenvalue weighted by molar-refractivity contribution is 0.768. The minimum Gasteiger partial charge on any atom is -0.275 e. The molecule has 0 fully saturated rings. The van der Waals surface area contributed by atoms with Crippen LogP contribution in [0.2, 0.25) is 0 Å². The zero-order valence-corrected chi connectivity index (χ0v) is 10.2. The first-order valence-corrected chi connectivity index (χ1v) is 5.65. The summed E-state index contributed by atoms with van der Waals surface area (Å²) in [5, 5.41) is 8.47. The molecule has 0 aromatic carbocycles. The van der Waals surface area contributed by atoms with Crippen molar-refractivity contribution in [1.82, 2.24) is 19.4 Å². The van der Waals surface area contributed by atoms with Crippen molar-refractivity contribution < 1.29 is 0 Å². The zero-order valence-electron chi connectivity index (χ0n) is 8.63. The molecule has 16 heavy (non-hydrogen) atoms. The van der Waals surface area contributed by atoms with Crippen molar-refractivity contribution in [2.45, 2.75) is 0 Å². The van der Waals surface area contributed by atoms with Crippen molar-refractivity contribution in [3.63, 3.8) is 0 Å². The summed E-state index contributed by atoms with van der Waals surface area (Å²) in [6.45, 7) is 0. The molecule has 0 N–H and O–H groups in total. The van der Waals surface area contributed by atoms with Crippen LogP contribution in [0, 0.1) is 0 Å². The van der Waals surface area contributed by atoms with Crippen LogP contribution in [-0.2, 0) is 7.05 Å². The standard InChI is InChI=1S/C11H9BrN4/c1-15-7-8(5-13-15)10-6-14-16-3-2-9(12)4-11(10)16/h2-7H,1H3. The number of aromatic nitrogens is 4. The number of hydrogen-bond donors (Lipinski definition) is 0. The first-order chi connectivity index (χ1) is 7.74. The Bertz CT molecular complexity index is 653. The summed E-state index contributed by atoms with van der Waals surface area (Å²) >= 11 is 3.47. The first kappa shape index (κ1) is 9.59. The fourth-order valence-corrected chi connectivity index (χ4v) is 2.07. The molecule has 0 bridgehead atoms. The summed E-state index contributed by atoms with van der Waals surface area (Å²) in [6.07, 6.45) is 7.62. The van der Waals surface area contributed by atoms with Crippen molar-refractivity contribution in [1.29, 1.82) is 0 Å². The van der Waals surface area contributed by atoms with Crippen LogP contribution in [0.15, 0.2) is 41.4 Å². The molecule has 5 heteroatoms. The highest BCUT2D eigenvalue weighted by atomic mass is 79.9. The van der Waals surface area contributed by atoms with Gasteiger partial charge in [-0.2, -0.15) is 10.2 Å². The van der Waals surface area contributed by atoms with E-state index < -0.39 is 0 Å². The topological polar surface area (TPSA) is 35.1 Å². The third-order valence-corrected chi connectivity index (χ3v) is 2.99. The van der Waals surface area contributed by atoms with Gasteiger partial charge in [-0.05, 0) is 12.1 Å². The fraction of sp³-hybridized carbons (Fsp3) is 0.0909. The number of aryl methyl sites for hydroxylation is 1. The van der Waals surface area contributed by atoms with E-state index >= 15 is 0 Å². The molecule has 0 aliphatic carbocycles. The average molecular weight is 277 g/mol. The Balaban J connectivity index is 2.27. The smallest absolute Gasteiger partial charge is 0.0752 e. The number of nitrogens with zero attached hydrogens (tertiary/aromatic N) is 4. The van der Waals surface area contributed by atoms with Gasteiger partial charge in [0.2, 0.25) is 0 Å². The summed E-state index contributed by atoms with van der Waals surface area (Å²) in [4.78, 5) is 0. The van der Waals surface area contributed by atoms with Gasteiger partial charge in [0.15, 0.2) is 0 Å². The van der Waals surface area contributed by atoms with Gasteiger partial charge in [0.1, 0.15) is 0 Å². The Morgan fingerprint density at radius 2 is 2.12 bits per heavy atom. The zero-order chi connectivity index (χ0) is 11.1. The number of fused-ring (bicyclic) bond motifs is 1. The lowest BCUT2D eigenvalue weighted by atomic mass is 10.1. The Morgan fingerprint density at radius 1 is 1.25 bits per heavy atom. The summed E-state index contributed by atoms with van der Waals surface area (Å²) in [6, 6.07) is 4.02. The van der Waals surface area contributed by atoms with Crippen LogP contribution in [0.4, 0.5) is 0 Å². The Hall–Kier alpha value is -1.62. The number of rotatable bonds is 1. The molecule has 4 nitrogen and oxygen atoms in total. The fourth-order valence-electron chi connectivity index (χ4n) is 1.74. The van der Waals surface area contributed by atoms with Crippen LogP contribution in [0.3, 0.4) is 0 Å². The molecule has 3 rings (SSSR count). The molecule has 0 aliphatic rings. The van der Waals surface area contributed by atoms with E-state index in [-0.39, 0.29) is 0 Å². The van der Waals surface area contributed by atoms with E-state index in [0.717, 1.165) is 21.1 Å². The predicted molar refractivity (Wildman–Crippen MR) is 65.1 cm³/mol. The molecule has 3 aromatic heterocycles. The molecule has 0 radical (unpaired) electrons. The van der Waals surface area contributed by atoms with Gasteiger partial charge in [0, 0.05) is 35.0 Å². The van der Waals surface area contributed by atoms with E-state index in [4.69, 9.17) is 0 Å². The van der Waals surface area contributed by atoms with Crippen LogP contribution in [0.1, 0.15) is 0 Å². The van der Waals surface area contributed by atoms with Crippen molar-refractivity contribution >= 4 is 21.4 Å². The van der Waals surface area contributed by atoms with Crippen LogP contribution in [0.25, 0.3) is 16.6 Å². The van der Waals surface area contributed by atoms with Crippen molar-refractivity contribution in [3.8, 4) is 11.1 Å². The van der Waals surface area contributed by atoms with Crippen molar-refractivity contribution in [2.24, 2.45) is 7.05 Å². The molecule has 0 saturated heterocycles. The molecule has 0 aliphatic heterocycles. The second kappa shape index (κ2) is 3.45. The molecule has 0 saturated carbocycles. The third kappa shape index (κ3) is 1.44. The molecule has 80 valence electrons. The van der Waals surface area contributed by atoms with Crippen molar-refractivity contribution in [2.75, 3.05) is 0 Å². The Morgan fingerprint density at radius 3 is 2.88 bits per heavy atom. The highest BCUT2D eigenvalue weighted by Gasteiger charge is 2.08. The maximum atomic E-state index is 4.30. The van der Waals surface area contributed by atoms with E-state index in [0.29, 0.717) is 0 Å². The SMILES string of the molecule is Cn1cc(-c2cnn3ccc(Br)cc23)cn1. The quantitative estimate of drug-likeness (QED) is 0.685. The largest absolute Gasteiger partial charge is 0.275 e. The van der Waals surface area contributed by atoms with Gasteiger partial charge in [-0.25, -0.2) is 4.52 Å². The monoisotopic (exact) mass is 276 g/mol. The number of halogens is 1. The minimum absolute atomic E-state index is 1.05. The van der Waals surface area contributed by atoms with E-state index in [9.17, 15) is 0 Å². The second-order valence-corrected chi connectivity index (χ2v) is 4.55. The van der Waals surface area contributed by atoms with Gasteiger partial charge in [0.25, 0.3) is 0 Å². The van der Waals surface area contributed by atoms with Gasteiger partial charge in [-0.15, -0.1) is 0 Å². The van der Waals surface area contributed by atoms with Crippen molar-refractivity contribution in [3.05, 3.63) is 41.4 Å². The van der Waals surface area contributed by atoms with E-state index in [1.165, 1.54) is 0 Å². The molecule has 0 spiro atoms. The predicted octanol–water partition coefficient (Wildman–Crippen LogP) is 2.50. The highest BCUT2D eigenvalue weighted by Crippen LogP contribution is 2.25. The van der Waals surface area contributed by atoms with Gasteiger partial charge < -0.3 is 0 Å². The first-order valence-electron chi connectivity index (χ1n) is 4.86. The maximum absolute atomic E-state index is 4.30. The summed E-state index contributed by atoms with van der Waals surface area (Å²) in [5.74, 6) is 0. The van der Waals surface area contributed by atoms with Gasteiger partial charge in [-0.3, -0.25) is 4.68 Å². The van der Waals surface area contributed by atoms with Gasteiger partial charge in [0.05, 0.1) is 17.9 Å². The van der Waals surface area contributed by atoms with Crippen LogP contribution in [-0.4, -0.2) is 19.4 Å². The normalized spacial score (nSPS) is 11.1. The Kier molecular flexibility index (Phi) is 2.07. The summed E-state index contributed by atoms with van der Waals surface area (Å²) in [5.41, 5.74) is 3.24. The highest BCUT2D eigenvalue weighted by molar-refractivity contribution is 9.10. The number of pyridine rings is 1. The molecule has 3 heterocycles. The lowest BCUT2D eigenvalue weighted by Crippen LogP contribution is -1.85. The molecule has 0 atom stereocenters. The maximum Gasteiger partial charge on any atom is 0.0752 e. The number of hydrogen-bond acceptors (Lipinski definition) is 2. The van der Waals surface area contributed by atoms with Crippen LogP contribution < -0.4 is 0 Å². The molecule has 0 amide bonds. The molecule has 0 unspecified atom stereocenters. The van der Waals surface area contributed by atoms with E-state index in [1.807, 2.05) is 42.4 Å².